The lowest BCUT2D eigenvalue weighted by Gasteiger charge is -2.12. The van der Waals surface area contributed by atoms with Gasteiger partial charge in [-0.3, -0.25) is 4.98 Å². The molecule has 0 amide bonds. The molecular weight excluding hydrogens is 180 g/mol. The van der Waals surface area contributed by atoms with Crippen LogP contribution in [0, 0.1) is 0 Å². The zero-order chi connectivity index (χ0) is 10.6. The second-order valence-electron chi connectivity index (χ2n) is 3.12. The van der Waals surface area contributed by atoms with Gasteiger partial charge in [0.1, 0.15) is 0 Å². The fourth-order valence-corrected chi connectivity index (χ4v) is 1.03. The molecule has 1 aromatic rings. The predicted molar refractivity (Wildman–Crippen MR) is 52.9 cm³/mol. The third kappa shape index (κ3) is 2.49. The van der Waals surface area contributed by atoms with Crippen LogP contribution in [0.25, 0.3) is 0 Å². The topological polar surface area (TPSA) is 44.2 Å². The Morgan fingerprint density at radius 2 is 1.43 bits per heavy atom. The molecule has 0 fully saturated rings. The number of aromatic nitrogens is 2. The fraction of sp³-hybridized carbons (Fsp3) is 0.600. The van der Waals surface area contributed by atoms with Gasteiger partial charge in [-0.1, -0.05) is 0 Å². The molecule has 1 rings (SSSR count). The van der Waals surface area contributed by atoms with Gasteiger partial charge in [-0.15, -0.1) is 0 Å². The minimum absolute atomic E-state index is 0.0356. The Hall–Kier alpha value is -1.00. The Bertz CT molecular complexity index is 266. The zero-order valence-electron chi connectivity index (χ0n) is 9.02. The number of methoxy groups -OCH3 is 2. The van der Waals surface area contributed by atoms with Gasteiger partial charge in [0, 0.05) is 14.2 Å². The molecule has 1 heterocycles. The van der Waals surface area contributed by atoms with Crippen LogP contribution in [0.1, 0.15) is 37.4 Å². The third-order valence-electron chi connectivity index (χ3n) is 2.21. The molecule has 0 saturated carbocycles. The average Bonchev–Trinajstić information content (AvgIpc) is 2.27. The van der Waals surface area contributed by atoms with Gasteiger partial charge in [0.05, 0.1) is 36.0 Å². The Morgan fingerprint density at radius 1 is 1.00 bits per heavy atom. The van der Waals surface area contributed by atoms with Gasteiger partial charge in [-0.2, -0.15) is 0 Å². The quantitative estimate of drug-likeness (QED) is 0.737. The average molecular weight is 196 g/mol. The summed E-state index contributed by atoms with van der Waals surface area (Å²) in [6, 6.07) is 0. The second-order valence-corrected chi connectivity index (χ2v) is 3.12. The van der Waals surface area contributed by atoms with E-state index in [1.54, 1.807) is 26.6 Å². The normalized spacial score (nSPS) is 15.1. The lowest BCUT2D eigenvalue weighted by molar-refractivity contribution is 0.106. The largest absolute Gasteiger partial charge is 0.375 e. The number of hydrogen-bond acceptors (Lipinski definition) is 4. The van der Waals surface area contributed by atoms with Gasteiger partial charge >= 0.3 is 0 Å². The van der Waals surface area contributed by atoms with Crippen LogP contribution in [0.15, 0.2) is 12.4 Å². The lowest BCUT2D eigenvalue weighted by Crippen LogP contribution is -2.06. The maximum Gasteiger partial charge on any atom is 0.0978 e. The van der Waals surface area contributed by atoms with Crippen molar-refractivity contribution in [3.05, 3.63) is 23.8 Å². The summed E-state index contributed by atoms with van der Waals surface area (Å²) in [5.74, 6) is 0. The molecule has 0 aromatic carbocycles. The van der Waals surface area contributed by atoms with Crippen molar-refractivity contribution in [3.8, 4) is 0 Å². The van der Waals surface area contributed by atoms with Gasteiger partial charge in [-0.05, 0) is 13.8 Å². The number of hydrogen-bond donors (Lipinski definition) is 0. The molecular formula is C10H16N2O2. The highest BCUT2D eigenvalue weighted by Crippen LogP contribution is 2.16. The molecule has 0 radical (unpaired) electrons. The van der Waals surface area contributed by atoms with E-state index in [2.05, 4.69) is 9.97 Å². The summed E-state index contributed by atoms with van der Waals surface area (Å²) in [5, 5.41) is 0. The van der Waals surface area contributed by atoms with Crippen LogP contribution in [0.3, 0.4) is 0 Å². The maximum absolute atomic E-state index is 5.16. The molecule has 14 heavy (non-hydrogen) atoms. The van der Waals surface area contributed by atoms with E-state index in [9.17, 15) is 0 Å². The Balaban J connectivity index is 2.89. The Morgan fingerprint density at radius 3 is 1.79 bits per heavy atom. The minimum atomic E-state index is -0.0356. The van der Waals surface area contributed by atoms with Crippen LogP contribution in [-0.2, 0) is 9.47 Å². The van der Waals surface area contributed by atoms with E-state index >= 15 is 0 Å². The van der Waals surface area contributed by atoms with Gasteiger partial charge in [-0.25, -0.2) is 4.98 Å². The fourth-order valence-electron chi connectivity index (χ4n) is 1.03. The summed E-state index contributed by atoms with van der Waals surface area (Å²) in [6.07, 6.45) is 3.35. The van der Waals surface area contributed by atoms with Crippen molar-refractivity contribution in [2.45, 2.75) is 26.1 Å². The number of rotatable bonds is 4. The third-order valence-corrected chi connectivity index (χ3v) is 2.21. The van der Waals surface area contributed by atoms with E-state index in [4.69, 9.17) is 9.47 Å². The van der Waals surface area contributed by atoms with E-state index in [-0.39, 0.29) is 12.2 Å². The predicted octanol–water partition coefficient (Wildman–Crippen LogP) is 1.89. The van der Waals surface area contributed by atoms with Crippen molar-refractivity contribution in [1.29, 1.82) is 0 Å². The molecule has 0 N–H and O–H groups in total. The highest BCUT2D eigenvalue weighted by molar-refractivity contribution is 5.07. The lowest BCUT2D eigenvalue weighted by atomic mass is 10.2. The van der Waals surface area contributed by atoms with Crippen LogP contribution >= 0.6 is 0 Å². The molecule has 0 spiro atoms. The molecule has 4 heteroatoms. The molecule has 2 unspecified atom stereocenters. The van der Waals surface area contributed by atoms with E-state index in [1.165, 1.54) is 0 Å². The molecule has 78 valence electrons. The highest BCUT2D eigenvalue weighted by Gasteiger charge is 2.10. The van der Waals surface area contributed by atoms with Crippen LogP contribution in [-0.4, -0.2) is 24.2 Å². The summed E-state index contributed by atoms with van der Waals surface area (Å²) in [4.78, 5) is 8.50. The van der Waals surface area contributed by atoms with Gasteiger partial charge in [0.15, 0.2) is 0 Å². The molecule has 0 saturated heterocycles. The number of nitrogens with zero attached hydrogens (tertiary/aromatic N) is 2. The van der Waals surface area contributed by atoms with Crippen molar-refractivity contribution in [2.24, 2.45) is 0 Å². The zero-order valence-corrected chi connectivity index (χ0v) is 9.02. The molecule has 2 atom stereocenters. The van der Waals surface area contributed by atoms with Crippen molar-refractivity contribution >= 4 is 0 Å². The van der Waals surface area contributed by atoms with Crippen molar-refractivity contribution in [2.75, 3.05) is 14.2 Å². The summed E-state index contributed by atoms with van der Waals surface area (Å²) in [7, 11) is 3.30. The van der Waals surface area contributed by atoms with Crippen molar-refractivity contribution in [3.63, 3.8) is 0 Å². The van der Waals surface area contributed by atoms with Crippen LogP contribution in [0.5, 0.6) is 0 Å². The molecule has 0 bridgehead atoms. The van der Waals surface area contributed by atoms with Gasteiger partial charge in [0.25, 0.3) is 0 Å². The summed E-state index contributed by atoms with van der Waals surface area (Å²) < 4.78 is 10.3. The van der Waals surface area contributed by atoms with E-state index in [0.717, 1.165) is 11.4 Å². The van der Waals surface area contributed by atoms with Crippen LogP contribution in [0.4, 0.5) is 0 Å². The molecule has 1 aromatic heterocycles. The van der Waals surface area contributed by atoms with Crippen LogP contribution < -0.4 is 0 Å². The molecule has 0 aliphatic carbocycles. The van der Waals surface area contributed by atoms with E-state index in [0.29, 0.717) is 0 Å². The first-order valence-electron chi connectivity index (χ1n) is 4.56. The Kier molecular flexibility index (Phi) is 3.98. The van der Waals surface area contributed by atoms with Crippen molar-refractivity contribution in [1.82, 2.24) is 9.97 Å². The maximum atomic E-state index is 5.16. The Labute approximate surface area is 84.3 Å². The molecule has 0 aliphatic rings. The standard InChI is InChI=1S/C10H16N2O2/c1-7(13-3)9-5-11-6-10(12-9)8(2)14-4/h5-8H,1-4H3. The highest BCUT2D eigenvalue weighted by atomic mass is 16.5. The second kappa shape index (κ2) is 5.02. The minimum Gasteiger partial charge on any atom is -0.375 e. The first-order chi connectivity index (χ1) is 6.69. The summed E-state index contributed by atoms with van der Waals surface area (Å²) in [6.45, 7) is 3.87. The molecule has 0 aliphatic heterocycles. The monoisotopic (exact) mass is 196 g/mol. The summed E-state index contributed by atoms with van der Waals surface area (Å²) >= 11 is 0. The van der Waals surface area contributed by atoms with E-state index < -0.39 is 0 Å². The van der Waals surface area contributed by atoms with E-state index in [1.807, 2.05) is 13.8 Å². The molecule has 4 nitrogen and oxygen atoms in total. The number of ether oxygens (including phenoxy) is 2. The summed E-state index contributed by atoms with van der Waals surface area (Å²) in [5.41, 5.74) is 1.66. The first-order valence-corrected chi connectivity index (χ1v) is 4.56. The van der Waals surface area contributed by atoms with Crippen LogP contribution in [0.2, 0.25) is 0 Å². The SMILES string of the molecule is COC(C)c1cncc(C(C)OC)n1. The van der Waals surface area contributed by atoms with Gasteiger partial charge in [0.2, 0.25) is 0 Å². The van der Waals surface area contributed by atoms with Gasteiger partial charge < -0.3 is 9.47 Å². The smallest absolute Gasteiger partial charge is 0.0978 e. The first kappa shape index (κ1) is 11.1. The van der Waals surface area contributed by atoms with Crippen molar-refractivity contribution < 1.29 is 9.47 Å².